The molecule has 0 saturated carbocycles. The van der Waals surface area contributed by atoms with E-state index >= 15 is 0 Å². The number of aromatic nitrogens is 2. The van der Waals surface area contributed by atoms with Crippen molar-refractivity contribution in [2.45, 2.75) is 45.1 Å². The fraction of sp³-hybridized carbons (Fsp3) is 0.500. The van der Waals surface area contributed by atoms with Crippen LogP contribution in [0.1, 0.15) is 38.4 Å². The van der Waals surface area contributed by atoms with Crippen LogP contribution in [0.15, 0.2) is 42.6 Å². The summed E-state index contributed by atoms with van der Waals surface area (Å²) in [7, 11) is 1.97. The summed E-state index contributed by atoms with van der Waals surface area (Å²) in [5, 5.41) is 8.26. The monoisotopic (exact) mass is 285 g/mol. The van der Waals surface area contributed by atoms with Crippen LogP contribution in [0.2, 0.25) is 0 Å². The predicted molar refractivity (Wildman–Crippen MR) is 88.5 cm³/mol. The Bertz CT molecular complexity index is 543. The van der Waals surface area contributed by atoms with Gasteiger partial charge in [0.1, 0.15) is 0 Å². The number of aryl methyl sites for hydroxylation is 1. The molecule has 1 unspecified atom stereocenters. The molecule has 0 spiro atoms. The third-order valence-electron chi connectivity index (χ3n) is 4.21. The third-order valence-corrected chi connectivity index (χ3v) is 4.21. The summed E-state index contributed by atoms with van der Waals surface area (Å²) >= 11 is 0. The van der Waals surface area contributed by atoms with Crippen molar-refractivity contribution in [3.05, 3.63) is 53.9 Å². The second-order valence-corrected chi connectivity index (χ2v) is 6.28. The van der Waals surface area contributed by atoms with Crippen molar-refractivity contribution in [1.82, 2.24) is 15.1 Å². The van der Waals surface area contributed by atoms with E-state index in [1.165, 1.54) is 5.56 Å². The highest BCUT2D eigenvalue weighted by molar-refractivity contribution is 5.26. The van der Waals surface area contributed by atoms with Gasteiger partial charge in [-0.2, -0.15) is 5.10 Å². The van der Waals surface area contributed by atoms with E-state index in [0.29, 0.717) is 6.04 Å². The average Bonchev–Trinajstić information content (AvgIpc) is 2.89. The van der Waals surface area contributed by atoms with E-state index in [1.807, 2.05) is 17.9 Å². The number of benzene rings is 1. The van der Waals surface area contributed by atoms with Crippen LogP contribution in [0.4, 0.5) is 0 Å². The molecule has 1 aromatic carbocycles. The van der Waals surface area contributed by atoms with Gasteiger partial charge in [0.2, 0.25) is 0 Å². The van der Waals surface area contributed by atoms with Crippen molar-refractivity contribution >= 4 is 0 Å². The molecule has 0 aliphatic carbocycles. The van der Waals surface area contributed by atoms with E-state index in [4.69, 9.17) is 0 Å². The largest absolute Gasteiger partial charge is 0.313 e. The maximum Gasteiger partial charge on any atom is 0.0640 e. The summed E-state index contributed by atoms with van der Waals surface area (Å²) < 4.78 is 1.88. The van der Waals surface area contributed by atoms with Gasteiger partial charge >= 0.3 is 0 Å². The molecule has 0 radical (unpaired) electrons. The highest BCUT2D eigenvalue weighted by atomic mass is 15.2. The lowest BCUT2D eigenvalue weighted by molar-refractivity contribution is 0.335. The summed E-state index contributed by atoms with van der Waals surface area (Å²) in [4.78, 5) is 0. The summed E-state index contributed by atoms with van der Waals surface area (Å²) in [5.41, 5.74) is 2.58. The van der Waals surface area contributed by atoms with Gasteiger partial charge in [-0.1, -0.05) is 51.1 Å². The van der Waals surface area contributed by atoms with Gasteiger partial charge in [0.15, 0.2) is 0 Å². The molecule has 21 heavy (non-hydrogen) atoms. The lowest BCUT2D eigenvalue weighted by Gasteiger charge is -2.35. The van der Waals surface area contributed by atoms with Crippen LogP contribution in [0.25, 0.3) is 0 Å². The van der Waals surface area contributed by atoms with Crippen LogP contribution < -0.4 is 5.32 Å². The minimum absolute atomic E-state index is 0.0634. The third kappa shape index (κ3) is 3.94. The van der Waals surface area contributed by atoms with E-state index in [-0.39, 0.29) is 5.41 Å². The van der Waals surface area contributed by atoms with Crippen LogP contribution in [0, 0.1) is 0 Å². The van der Waals surface area contributed by atoms with Crippen LogP contribution in [-0.2, 0) is 18.9 Å². The molecule has 0 aliphatic heterocycles. The van der Waals surface area contributed by atoms with Gasteiger partial charge in [-0.3, -0.25) is 4.68 Å². The molecule has 0 fully saturated rings. The van der Waals surface area contributed by atoms with Crippen molar-refractivity contribution in [1.29, 1.82) is 0 Å². The molecule has 0 bridgehead atoms. The highest BCUT2D eigenvalue weighted by Gasteiger charge is 2.31. The summed E-state index contributed by atoms with van der Waals surface area (Å²) in [6.45, 7) is 7.88. The van der Waals surface area contributed by atoms with Crippen molar-refractivity contribution in [2.75, 3.05) is 6.54 Å². The second-order valence-electron chi connectivity index (χ2n) is 6.28. The van der Waals surface area contributed by atoms with Gasteiger partial charge < -0.3 is 5.32 Å². The Hall–Kier alpha value is -1.61. The van der Waals surface area contributed by atoms with Gasteiger partial charge in [0, 0.05) is 31.1 Å². The lowest BCUT2D eigenvalue weighted by atomic mass is 9.76. The number of hydrogen-bond acceptors (Lipinski definition) is 2. The average molecular weight is 285 g/mol. The lowest BCUT2D eigenvalue weighted by Crippen LogP contribution is -2.46. The minimum Gasteiger partial charge on any atom is -0.313 e. The predicted octanol–water partition coefficient (Wildman–Crippen LogP) is 3.31. The molecular formula is C18H27N3. The second kappa shape index (κ2) is 6.90. The highest BCUT2D eigenvalue weighted by Crippen LogP contribution is 2.28. The molecule has 0 aliphatic rings. The fourth-order valence-corrected chi connectivity index (χ4v) is 2.75. The smallest absolute Gasteiger partial charge is 0.0640 e. The van der Waals surface area contributed by atoms with Gasteiger partial charge in [-0.05, 0) is 24.6 Å². The zero-order valence-corrected chi connectivity index (χ0v) is 13.6. The number of nitrogens with one attached hydrogen (secondary N) is 1. The molecule has 0 amide bonds. The van der Waals surface area contributed by atoms with E-state index < -0.39 is 0 Å². The van der Waals surface area contributed by atoms with E-state index in [9.17, 15) is 0 Å². The number of hydrogen-bond donors (Lipinski definition) is 1. The SMILES string of the molecule is CCCNC(Cc1ccn(C)n1)C(C)(C)c1ccccc1. The Kier molecular flexibility index (Phi) is 5.18. The molecular weight excluding hydrogens is 258 g/mol. The van der Waals surface area contributed by atoms with Gasteiger partial charge in [0.25, 0.3) is 0 Å². The Labute approximate surface area is 128 Å². The summed E-state index contributed by atoms with van der Waals surface area (Å²) in [6.07, 6.45) is 4.11. The first-order valence-corrected chi connectivity index (χ1v) is 7.81. The van der Waals surface area contributed by atoms with Crippen LogP contribution in [-0.4, -0.2) is 22.4 Å². The standard InChI is InChI=1S/C18H27N3/c1-5-12-19-17(14-16-11-13-21(4)20-16)18(2,3)15-9-7-6-8-10-15/h6-11,13,17,19H,5,12,14H2,1-4H3. The first-order chi connectivity index (χ1) is 10.0. The molecule has 1 aromatic heterocycles. The van der Waals surface area contributed by atoms with E-state index in [0.717, 1.165) is 25.1 Å². The van der Waals surface area contributed by atoms with Crippen LogP contribution in [0.5, 0.6) is 0 Å². The fourth-order valence-electron chi connectivity index (χ4n) is 2.75. The van der Waals surface area contributed by atoms with Crippen LogP contribution in [0.3, 0.4) is 0 Å². The van der Waals surface area contributed by atoms with E-state index in [2.05, 4.69) is 67.6 Å². The topological polar surface area (TPSA) is 29.9 Å². The molecule has 1 atom stereocenters. The molecule has 3 nitrogen and oxygen atoms in total. The summed E-state index contributed by atoms with van der Waals surface area (Å²) in [6, 6.07) is 13.2. The van der Waals surface area contributed by atoms with Crippen molar-refractivity contribution in [3.8, 4) is 0 Å². The Morgan fingerprint density at radius 2 is 1.90 bits per heavy atom. The maximum atomic E-state index is 4.54. The minimum atomic E-state index is 0.0634. The zero-order chi connectivity index (χ0) is 15.3. The molecule has 2 rings (SSSR count). The Morgan fingerprint density at radius 3 is 2.48 bits per heavy atom. The first kappa shape index (κ1) is 15.8. The first-order valence-electron chi connectivity index (χ1n) is 7.81. The van der Waals surface area contributed by atoms with Crippen molar-refractivity contribution in [3.63, 3.8) is 0 Å². The number of rotatable bonds is 7. The number of nitrogens with zero attached hydrogens (tertiary/aromatic N) is 2. The molecule has 3 heteroatoms. The van der Waals surface area contributed by atoms with Crippen molar-refractivity contribution in [2.24, 2.45) is 7.05 Å². The molecule has 1 heterocycles. The maximum absolute atomic E-state index is 4.54. The Morgan fingerprint density at radius 1 is 1.19 bits per heavy atom. The Balaban J connectivity index is 2.21. The van der Waals surface area contributed by atoms with Crippen molar-refractivity contribution < 1.29 is 0 Å². The van der Waals surface area contributed by atoms with Crippen LogP contribution >= 0.6 is 0 Å². The summed E-state index contributed by atoms with van der Waals surface area (Å²) in [5.74, 6) is 0. The normalized spacial score (nSPS) is 13.3. The quantitative estimate of drug-likeness (QED) is 0.846. The van der Waals surface area contributed by atoms with Gasteiger partial charge in [0.05, 0.1) is 5.69 Å². The van der Waals surface area contributed by atoms with E-state index in [1.54, 1.807) is 0 Å². The zero-order valence-electron chi connectivity index (χ0n) is 13.6. The molecule has 0 saturated heterocycles. The van der Waals surface area contributed by atoms with Gasteiger partial charge in [-0.25, -0.2) is 0 Å². The van der Waals surface area contributed by atoms with Gasteiger partial charge in [-0.15, -0.1) is 0 Å². The molecule has 1 N–H and O–H groups in total. The molecule has 2 aromatic rings. The molecule has 114 valence electrons.